The number of rotatable bonds is 4. The molecule has 2 N–H and O–H groups in total. The third-order valence-electron chi connectivity index (χ3n) is 4.36. The van der Waals surface area contributed by atoms with Crippen molar-refractivity contribution in [2.45, 2.75) is 16.6 Å². The fourth-order valence-corrected chi connectivity index (χ4v) is 4.32. The summed E-state index contributed by atoms with van der Waals surface area (Å²) in [6.45, 7) is 0.732. The first-order valence-corrected chi connectivity index (χ1v) is 9.87. The number of carbonyl (C=O) groups excluding carboxylic acids is 3. The van der Waals surface area contributed by atoms with Gasteiger partial charge in [0.05, 0.1) is 28.9 Å². The molecular formula is C19H16ClN3O4S. The van der Waals surface area contributed by atoms with E-state index in [1.54, 1.807) is 36.4 Å². The number of thioether (sulfide) groups is 1. The number of halogens is 1. The summed E-state index contributed by atoms with van der Waals surface area (Å²) in [6, 6.07) is 12.2. The van der Waals surface area contributed by atoms with E-state index < -0.39 is 11.3 Å². The van der Waals surface area contributed by atoms with Crippen molar-refractivity contribution in [2.75, 3.05) is 28.7 Å². The van der Waals surface area contributed by atoms with Gasteiger partial charge in [-0.15, -0.1) is 11.8 Å². The zero-order valence-electron chi connectivity index (χ0n) is 14.6. The van der Waals surface area contributed by atoms with Gasteiger partial charge in [0, 0.05) is 16.3 Å². The number of nitrogens with zero attached hydrogens (tertiary/aromatic N) is 1. The van der Waals surface area contributed by atoms with Crippen molar-refractivity contribution >= 4 is 58.3 Å². The summed E-state index contributed by atoms with van der Waals surface area (Å²) in [5.41, 5.74) is 1.72. The molecule has 9 heteroatoms. The lowest BCUT2D eigenvalue weighted by Crippen LogP contribution is -2.32. The average molecular weight is 418 g/mol. The highest BCUT2D eigenvalue weighted by Crippen LogP contribution is 2.38. The van der Waals surface area contributed by atoms with Crippen LogP contribution in [0.5, 0.6) is 0 Å². The van der Waals surface area contributed by atoms with Crippen molar-refractivity contribution in [3.05, 3.63) is 47.5 Å². The number of nitrogens with one attached hydrogen (secondary N) is 2. The van der Waals surface area contributed by atoms with Gasteiger partial charge in [0.2, 0.25) is 11.8 Å². The van der Waals surface area contributed by atoms with Gasteiger partial charge in [-0.3, -0.25) is 14.5 Å². The maximum atomic E-state index is 12.6. The first kappa shape index (κ1) is 18.6. The van der Waals surface area contributed by atoms with Gasteiger partial charge in [0.15, 0.2) is 0 Å². The van der Waals surface area contributed by atoms with Crippen LogP contribution in [0.3, 0.4) is 0 Å². The molecule has 2 heterocycles. The van der Waals surface area contributed by atoms with Crippen LogP contribution in [-0.4, -0.2) is 36.3 Å². The van der Waals surface area contributed by atoms with Gasteiger partial charge < -0.3 is 15.4 Å². The second-order valence-corrected chi connectivity index (χ2v) is 7.95. The van der Waals surface area contributed by atoms with E-state index in [2.05, 4.69) is 10.6 Å². The van der Waals surface area contributed by atoms with Crippen LogP contribution in [0.15, 0.2) is 47.4 Å². The van der Waals surface area contributed by atoms with Crippen LogP contribution >= 0.6 is 23.4 Å². The second kappa shape index (κ2) is 7.73. The summed E-state index contributed by atoms with van der Waals surface area (Å²) in [5.74, 6) is -0.559. The lowest BCUT2D eigenvalue weighted by Gasteiger charge is -2.24. The van der Waals surface area contributed by atoms with Crippen molar-refractivity contribution in [1.29, 1.82) is 0 Å². The minimum atomic E-state index is -0.558. The van der Waals surface area contributed by atoms with E-state index in [0.29, 0.717) is 35.2 Å². The van der Waals surface area contributed by atoms with Crippen molar-refractivity contribution in [3.63, 3.8) is 0 Å². The Hall–Kier alpha value is -2.71. The van der Waals surface area contributed by atoms with Crippen LogP contribution in [0.1, 0.15) is 6.42 Å². The molecule has 1 saturated heterocycles. The number of ether oxygens (including phenoxy) is 1. The molecule has 144 valence electrons. The predicted molar refractivity (Wildman–Crippen MR) is 108 cm³/mol. The van der Waals surface area contributed by atoms with Gasteiger partial charge in [0.25, 0.3) is 0 Å². The molecule has 0 aromatic heterocycles. The molecule has 0 aliphatic carbocycles. The lowest BCUT2D eigenvalue weighted by atomic mass is 10.2. The SMILES string of the molecule is O=C(C[C@H]1Sc2ccc(Cl)cc2NC1=O)Nc1ccccc1N1CCOC1=O. The molecule has 28 heavy (non-hydrogen) atoms. The molecule has 2 aliphatic rings. The van der Waals surface area contributed by atoms with Crippen molar-refractivity contribution in [1.82, 2.24) is 0 Å². The van der Waals surface area contributed by atoms with E-state index in [0.717, 1.165) is 4.90 Å². The number of amides is 3. The molecule has 1 fully saturated rings. The quantitative estimate of drug-likeness (QED) is 0.791. The molecule has 3 amide bonds. The molecule has 2 aliphatic heterocycles. The van der Waals surface area contributed by atoms with E-state index in [-0.39, 0.29) is 18.2 Å². The Labute approximate surface area is 170 Å². The minimum absolute atomic E-state index is 0.00263. The van der Waals surface area contributed by atoms with Gasteiger partial charge in [-0.2, -0.15) is 0 Å². The molecule has 0 spiro atoms. The molecule has 0 saturated carbocycles. The predicted octanol–water partition coefficient (Wildman–Crippen LogP) is 3.74. The summed E-state index contributed by atoms with van der Waals surface area (Å²) in [6.07, 6.45) is -0.448. The fourth-order valence-electron chi connectivity index (χ4n) is 3.05. The van der Waals surface area contributed by atoms with Gasteiger partial charge >= 0.3 is 6.09 Å². The van der Waals surface area contributed by atoms with Crippen LogP contribution in [-0.2, 0) is 14.3 Å². The highest BCUT2D eigenvalue weighted by atomic mass is 35.5. The van der Waals surface area contributed by atoms with Crippen molar-refractivity contribution < 1.29 is 19.1 Å². The largest absolute Gasteiger partial charge is 0.447 e. The van der Waals surface area contributed by atoms with E-state index >= 15 is 0 Å². The maximum absolute atomic E-state index is 12.6. The number of para-hydroxylation sites is 2. The zero-order chi connectivity index (χ0) is 19.7. The van der Waals surface area contributed by atoms with Gasteiger partial charge in [-0.1, -0.05) is 23.7 Å². The van der Waals surface area contributed by atoms with Gasteiger partial charge in [-0.05, 0) is 30.3 Å². The molecule has 7 nitrogen and oxygen atoms in total. The third-order valence-corrected chi connectivity index (χ3v) is 5.87. The van der Waals surface area contributed by atoms with E-state index in [4.69, 9.17) is 16.3 Å². The number of fused-ring (bicyclic) bond motifs is 1. The highest BCUT2D eigenvalue weighted by Gasteiger charge is 2.30. The Bertz CT molecular complexity index is 968. The monoisotopic (exact) mass is 417 g/mol. The standard InChI is InChI=1S/C19H16ClN3O4S/c20-11-5-6-15-13(9-11)22-18(25)16(28-15)10-17(24)21-12-3-1-2-4-14(12)23-7-8-27-19(23)26/h1-6,9,16H,7-8,10H2,(H,21,24)(H,22,25)/t16-/m1/s1. The first-order chi connectivity index (χ1) is 13.5. The van der Waals surface area contributed by atoms with E-state index in [1.807, 2.05) is 6.07 Å². The topological polar surface area (TPSA) is 87.7 Å². The number of hydrogen-bond donors (Lipinski definition) is 2. The third kappa shape index (κ3) is 3.79. The molecule has 2 aromatic rings. The number of benzene rings is 2. The minimum Gasteiger partial charge on any atom is -0.447 e. The molecule has 4 rings (SSSR count). The summed E-state index contributed by atoms with van der Waals surface area (Å²) in [7, 11) is 0. The van der Waals surface area contributed by atoms with Crippen LogP contribution in [0, 0.1) is 0 Å². The Balaban J connectivity index is 1.46. The summed E-state index contributed by atoms with van der Waals surface area (Å²) in [5, 5.41) is 5.57. The number of anilines is 3. The average Bonchev–Trinajstić information content (AvgIpc) is 3.09. The van der Waals surface area contributed by atoms with Gasteiger partial charge in [0.1, 0.15) is 6.61 Å². The van der Waals surface area contributed by atoms with Crippen molar-refractivity contribution in [2.24, 2.45) is 0 Å². The molecule has 0 radical (unpaired) electrons. The number of hydrogen-bond acceptors (Lipinski definition) is 5. The number of carbonyl (C=O) groups is 3. The van der Waals surface area contributed by atoms with E-state index in [1.165, 1.54) is 16.7 Å². The molecule has 0 unspecified atom stereocenters. The van der Waals surface area contributed by atoms with Gasteiger partial charge in [-0.25, -0.2) is 4.79 Å². The second-order valence-electron chi connectivity index (χ2n) is 6.27. The Morgan fingerprint density at radius 1 is 1.29 bits per heavy atom. The smallest absolute Gasteiger partial charge is 0.414 e. The Morgan fingerprint density at radius 3 is 2.89 bits per heavy atom. The Morgan fingerprint density at radius 2 is 2.11 bits per heavy atom. The summed E-state index contributed by atoms with van der Waals surface area (Å²) >= 11 is 7.28. The van der Waals surface area contributed by atoms with Crippen LogP contribution in [0.25, 0.3) is 0 Å². The molecule has 2 aromatic carbocycles. The van der Waals surface area contributed by atoms with Crippen LogP contribution in [0.4, 0.5) is 21.9 Å². The maximum Gasteiger partial charge on any atom is 0.414 e. The zero-order valence-corrected chi connectivity index (χ0v) is 16.2. The first-order valence-electron chi connectivity index (χ1n) is 8.61. The fraction of sp³-hybridized carbons (Fsp3) is 0.211. The molecular weight excluding hydrogens is 402 g/mol. The molecule has 1 atom stereocenters. The van der Waals surface area contributed by atoms with E-state index in [9.17, 15) is 14.4 Å². The highest BCUT2D eigenvalue weighted by molar-refractivity contribution is 8.01. The Kier molecular flexibility index (Phi) is 5.15. The normalized spacial score (nSPS) is 18.3. The molecule has 0 bridgehead atoms. The summed E-state index contributed by atoms with van der Waals surface area (Å²) < 4.78 is 4.97. The van der Waals surface area contributed by atoms with Crippen LogP contribution < -0.4 is 15.5 Å². The number of cyclic esters (lactones) is 1. The lowest BCUT2D eigenvalue weighted by molar-refractivity contribution is -0.120. The van der Waals surface area contributed by atoms with Crippen molar-refractivity contribution in [3.8, 4) is 0 Å². The summed E-state index contributed by atoms with van der Waals surface area (Å²) in [4.78, 5) is 39.1. The van der Waals surface area contributed by atoms with Crippen LogP contribution in [0.2, 0.25) is 5.02 Å².